The van der Waals surface area contributed by atoms with Crippen LogP contribution in [0.5, 0.6) is 0 Å². The molecule has 45 heavy (non-hydrogen) atoms. The number of allylic oxidation sites excluding steroid dienone is 3. The van der Waals surface area contributed by atoms with Crippen molar-refractivity contribution in [1.82, 2.24) is 5.48 Å². The van der Waals surface area contributed by atoms with Crippen LogP contribution in [0, 0.1) is 30.1 Å². The van der Waals surface area contributed by atoms with E-state index in [2.05, 4.69) is 56.3 Å². The summed E-state index contributed by atoms with van der Waals surface area (Å²) < 4.78 is 18.7. The molecule has 0 spiro atoms. The molecule has 11 heteroatoms. The molecule has 1 saturated carbocycles. The third-order valence-corrected chi connectivity index (χ3v) is 12.5. The maximum atomic E-state index is 12.1. The minimum Gasteiger partial charge on any atom is -0.396 e. The Morgan fingerprint density at radius 2 is 1.93 bits per heavy atom. The first-order chi connectivity index (χ1) is 21.7. The number of nitrogens with two attached hydrogens (primary N) is 1. The van der Waals surface area contributed by atoms with Crippen LogP contribution in [0.1, 0.15) is 72.6 Å². The van der Waals surface area contributed by atoms with Crippen molar-refractivity contribution >= 4 is 39.6 Å². The largest absolute Gasteiger partial charge is 0.396 e. The van der Waals surface area contributed by atoms with Gasteiger partial charge in [-0.05, 0) is 69.4 Å². The summed E-state index contributed by atoms with van der Waals surface area (Å²) in [5, 5.41) is 12.3. The number of aldehydes is 1. The predicted molar refractivity (Wildman–Crippen MR) is 187 cm³/mol. The summed E-state index contributed by atoms with van der Waals surface area (Å²) in [4.78, 5) is 18.0. The Hall–Kier alpha value is -1.38. The molecule has 6 unspecified atom stereocenters. The maximum absolute atomic E-state index is 12.1. The van der Waals surface area contributed by atoms with Gasteiger partial charge in [-0.2, -0.15) is 17.2 Å². The molecule has 250 valence electrons. The van der Waals surface area contributed by atoms with E-state index in [1.54, 1.807) is 17.8 Å². The number of thioether (sulfide) groups is 1. The zero-order valence-electron chi connectivity index (χ0n) is 27.1. The fourth-order valence-corrected chi connectivity index (χ4v) is 8.83. The third-order valence-electron chi connectivity index (χ3n) is 8.48. The number of ether oxygens (including phenoxy) is 3. The quantitative estimate of drug-likeness (QED) is 0.0387. The normalized spacial score (nSPS) is 31.2. The molecule has 2 saturated heterocycles. The van der Waals surface area contributed by atoms with Gasteiger partial charge in [0.05, 0.1) is 30.1 Å². The van der Waals surface area contributed by atoms with Crippen LogP contribution < -0.4 is 11.2 Å². The van der Waals surface area contributed by atoms with Gasteiger partial charge >= 0.3 is 0 Å². The van der Waals surface area contributed by atoms with Crippen molar-refractivity contribution in [3.8, 4) is 24.2 Å². The lowest BCUT2D eigenvalue weighted by Crippen LogP contribution is -2.56. The van der Waals surface area contributed by atoms with E-state index >= 15 is 0 Å². The fourth-order valence-electron chi connectivity index (χ4n) is 5.37. The number of aliphatic hydroxyl groups excluding tert-OH is 1. The van der Waals surface area contributed by atoms with Crippen LogP contribution in [-0.4, -0.2) is 76.9 Å². The maximum Gasteiger partial charge on any atom is 0.177 e. The Labute approximate surface area is 282 Å². The number of hydrogen-bond donors (Lipinski definition) is 3. The highest BCUT2D eigenvalue weighted by Gasteiger charge is 2.39. The minimum absolute atomic E-state index is 0.0567. The molecule has 0 aromatic rings. The standard InChI is InChI=1S/C34H50N2O6S3/c1-7-9-10-11-15-29(33(27(35)21-37)26(22(3)8-2)18-19-44-45-25-13-12-14-25)41-32-20-28(38)34(24(5)40-32)36-42-31-17-16-30(43-6)23(4)39-31/h1,9-10,18,21-25,28-32,34,36,38H,8,12-14,16-17,19-20,35H2,2-6H3/b10-9-,26-18-,33-27-/t22?,23?,24?,28?,29-,30-,31?,32?,34+/m0/s1. The molecule has 3 aliphatic rings. The lowest BCUT2D eigenvalue weighted by Gasteiger charge is -2.40. The zero-order chi connectivity index (χ0) is 32.8. The Morgan fingerprint density at radius 3 is 2.53 bits per heavy atom. The van der Waals surface area contributed by atoms with Crippen molar-refractivity contribution in [3.63, 3.8) is 0 Å². The molecule has 4 N–H and O–H groups in total. The van der Waals surface area contributed by atoms with Gasteiger partial charge in [0.1, 0.15) is 6.10 Å². The van der Waals surface area contributed by atoms with E-state index in [1.165, 1.54) is 25.3 Å². The number of hydrogen-bond acceptors (Lipinski definition) is 11. The Kier molecular flexibility index (Phi) is 17.0. The number of aliphatic hydroxyl groups is 1. The summed E-state index contributed by atoms with van der Waals surface area (Å²) in [6, 6.07) is -0.499. The van der Waals surface area contributed by atoms with Crippen molar-refractivity contribution in [3.05, 3.63) is 35.1 Å². The van der Waals surface area contributed by atoms with E-state index < -0.39 is 36.9 Å². The van der Waals surface area contributed by atoms with Gasteiger partial charge in [0, 0.05) is 34.7 Å². The predicted octanol–water partition coefficient (Wildman–Crippen LogP) is 5.52. The zero-order valence-corrected chi connectivity index (χ0v) is 29.6. The van der Waals surface area contributed by atoms with Gasteiger partial charge in [-0.15, -0.1) is 6.42 Å². The van der Waals surface area contributed by atoms with Gasteiger partial charge in [-0.3, -0.25) is 9.63 Å². The number of carbonyl (C=O) groups excluding carboxylic acids is 1. The summed E-state index contributed by atoms with van der Waals surface area (Å²) in [7, 11) is 3.73. The highest BCUT2D eigenvalue weighted by atomic mass is 33.1. The third kappa shape index (κ3) is 11.7. The van der Waals surface area contributed by atoms with E-state index in [0.717, 1.165) is 30.6 Å². The molecule has 1 aliphatic carbocycles. The van der Waals surface area contributed by atoms with Crippen LogP contribution in [0.4, 0.5) is 0 Å². The van der Waals surface area contributed by atoms with E-state index in [-0.39, 0.29) is 24.1 Å². The van der Waals surface area contributed by atoms with Gasteiger partial charge < -0.3 is 25.1 Å². The van der Waals surface area contributed by atoms with Crippen LogP contribution in [0.15, 0.2) is 35.1 Å². The van der Waals surface area contributed by atoms with E-state index in [1.807, 2.05) is 28.5 Å². The molecule has 8 nitrogen and oxygen atoms in total. The highest BCUT2D eigenvalue weighted by molar-refractivity contribution is 8.77. The number of terminal acetylenes is 1. The number of rotatable bonds is 15. The molecule has 0 amide bonds. The van der Waals surface area contributed by atoms with E-state index in [9.17, 15) is 9.90 Å². The molecular weight excluding hydrogens is 629 g/mol. The average molecular weight is 679 g/mol. The molecular formula is C34H50N2O6S3. The SMILES string of the molecule is C#C/C=C\C#C[C@H](OC1CC(O)[C@H](NOC2CC[C@H](SC)C(C)O2)C(C)O1)C(/C(=C\CSSC1CCC1)C(C)CC)=C(\N)C=O. The number of nitrogens with one attached hydrogen (secondary N) is 1. The van der Waals surface area contributed by atoms with Crippen molar-refractivity contribution in [2.75, 3.05) is 12.0 Å². The topological polar surface area (TPSA) is 112 Å². The molecule has 3 rings (SSSR count). The van der Waals surface area contributed by atoms with Gasteiger partial charge in [-0.1, -0.05) is 65.7 Å². The first kappa shape index (κ1) is 38.1. The second-order valence-electron chi connectivity index (χ2n) is 11.7. The molecule has 0 bridgehead atoms. The van der Waals surface area contributed by atoms with Crippen molar-refractivity contribution < 1.29 is 28.9 Å². The van der Waals surface area contributed by atoms with Gasteiger partial charge in [-0.25, -0.2) is 0 Å². The van der Waals surface area contributed by atoms with E-state index in [0.29, 0.717) is 22.4 Å². The van der Waals surface area contributed by atoms with Crippen molar-refractivity contribution in [1.29, 1.82) is 0 Å². The first-order valence-corrected chi connectivity index (χ1v) is 19.5. The highest BCUT2D eigenvalue weighted by Crippen LogP contribution is 2.39. The van der Waals surface area contributed by atoms with Crippen molar-refractivity contribution in [2.24, 2.45) is 11.7 Å². The smallest absolute Gasteiger partial charge is 0.177 e. The second kappa shape index (κ2) is 20.1. The summed E-state index contributed by atoms with van der Waals surface area (Å²) in [5.41, 5.74) is 10.9. The molecule has 0 aromatic carbocycles. The van der Waals surface area contributed by atoms with Gasteiger partial charge in [0.15, 0.2) is 18.9 Å². The Balaban J connectivity index is 1.76. The molecule has 0 radical (unpaired) electrons. The summed E-state index contributed by atoms with van der Waals surface area (Å²) in [6.45, 7) is 8.10. The average Bonchev–Trinajstić information content (AvgIpc) is 3.00. The summed E-state index contributed by atoms with van der Waals surface area (Å²) in [6.07, 6.45) is 16.5. The first-order valence-electron chi connectivity index (χ1n) is 15.9. The summed E-state index contributed by atoms with van der Waals surface area (Å²) >= 11 is 1.80. The molecule has 9 atom stereocenters. The molecule has 0 aromatic heterocycles. The van der Waals surface area contributed by atoms with E-state index in [4.69, 9.17) is 31.2 Å². The molecule has 2 aliphatic heterocycles. The lowest BCUT2D eigenvalue weighted by atomic mass is 9.87. The Morgan fingerprint density at radius 1 is 1.18 bits per heavy atom. The van der Waals surface area contributed by atoms with Crippen LogP contribution in [0.2, 0.25) is 0 Å². The van der Waals surface area contributed by atoms with Crippen LogP contribution in [-0.2, 0) is 23.8 Å². The van der Waals surface area contributed by atoms with Crippen molar-refractivity contribution in [2.45, 2.75) is 126 Å². The van der Waals surface area contributed by atoms with Crippen LogP contribution in [0.25, 0.3) is 0 Å². The van der Waals surface area contributed by atoms with Crippen LogP contribution >= 0.6 is 33.3 Å². The second-order valence-corrected chi connectivity index (χ2v) is 15.4. The monoisotopic (exact) mass is 678 g/mol. The Bertz CT molecular complexity index is 1130. The van der Waals surface area contributed by atoms with Crippen LogP contribution in [0.3, 0.4) is 0 Å². The number of carbonyl (C=O) groups is 1. The minimum atomic E-state index is -0.895. The van der Waals surface area contributed by atoms with Gasteiger partial charge in [0.2, 0.25) is 0 Å². The number of hydroxylamine groups is 1. The molecule has 3 fully saturated rings. The molecule has 2 heterocycles. The fraction of sp³-hybridized carbons (Fsp3) is 0.676. The lowest BCUT2D eigenvalue weighted by molar-refractivity contribution is -0.266. The van der Waals surface area contributed by atoms with Gasteiger partial charge in [0.25, 0.3) is 0 Å². The summed E-state index contributed by atoms with van der Waals surface area (Å²) in [5.74, 6) is 9.33.